The second-order valence-corrected chi connectivity index (χ2v) is 6.25. The van der Waals surface area contributed by atoms with Crippen LogP contribution in [0.4, 0.5) is 5.69 Å². The summed E-state index contributed by atoms with van der Waals surface area (Å²) in [6.45, 7) is 2.35. The van der Waals surface area contributed by atoms with Crippen LogP contribution in [0.5, 0.6) is 0 Å². The van der Waals surface area contributed by atoms with E-state index in [1.165, 1.54) is 10.6 Å². The summed E-state index contributed by atoms with van der Waals surface area (Å²) in [6, 6.07) is 18.2. The molecule has 0 spiro atoms. The van der Waals surface area contributed by atoms with E-state index in [0.29, 0.717) is 17.3 Å². The van der Waals surface area contributed by atoms with Gasteiger partial charge in [-0.05, 0) is 30.7 Å². The van der Waals surface area contributed by atoms with E-state index in [9.17, 15) is 9.59 Å². The van der Waals surface area contributed by atoms with Crippen LogP contribution in [0.25, 0.3) is 0 Å². The van der Waals surface area contributed by atoms with Gasteiger partial charge < -0.3 is 9.88 Å². The number of pyridine rings is 1. The molecule has 1 amide bonds. The fourth-order valence-corrected chi connectivity index (χ4v) is 2.72. The highest BCUT2D eigenvalue weighted by molar-refractivity contribution is 6.30. The van der Waals surface area contributed by atoms with Crippen molar-refractivity contribution in [1.82, 2.24) is 4.57 Å². The number of hydrogen-bond donors (Lipinski definition) is 1. The van der Waals surface area contributed by atoms with Crippen LogP contribution in [-0.4, -0.2) is 10.5 Å². The van der Waals surface area contributed by atoms with E-state index in [1.54, 1.807) is 18.3 Å². The number of aryl methyl sites for hydroxylation is 1. The van der Waals surface area contributed by atoms with Crippen molar-refractivity contribution in [2.24, 2.45) is 0 Å². The molecular formula is C20H17ClN2O2. The Hall–Kier alpha value is -2.85. The summed E-state index contributed by atoms with van der Waals surface area (Å²) in [7, 11) is 0. The second-order valence-electron chi connectivity index (χ2n) is 5.81. The maximum absolute atomic E-state index is 12.7. The van der Waals surface area contributed by atoms with Gasteiger partial charge in [-0.1, -0.05) is 59.6 Å². The maximum Gasteiger partial charge on any atom is 0.263 e. The van der Waals surface area contributed by atoms with Crippen LogP contribution in [0.2, 0.25) is 5.02 Å². The zero-order chi connectivity index (χ0) is 17.8. The zero-order valence-corrected chi connectivity index (χ0v) is 14.5. The van der Waals surface area contributed by atoms with Gasteiger partial charge in [-0.3, -0.25) is 9.59 Å². The Bertz CT molecular complexity index is 948. The maximum atomic E-state index is 12.7. The van der Waals surface area contributed by atoms with E-state index in [4.69, 9.17) is 11.6 Å². The number of carbonyl (C=O) groups excluding carboxylic acids is 1. The van der Waals surface area contributed by atoms with Crippen molar-refractivity contribution in [2.45, 2.75) is 13.5 Å². The van der Waals surface area contributed by atoms with Gasteiger partial charge in [0.05, 0.1) is 11.6 Å². The van der Waals surface area contributed by atoms with Crippen molar-refractivity contribution in [1.29, 1.82) is 0 Å². The number of carbonyl (C=O) groups is 1. The van der Waals surface area contributed by atoms with Crippen LogP contribution in [-0.2, 0) is 6.54 Å². The number of aromatic nitrogens is 1. The van der Waals surface area contributed by atoms with Crippen LogP contribution in [0.3, 0.4) is 0 Å². The molecule has 1 N–H and O–H groups in total. The van der Waals surface area contributed by atoms with Crippen LogP contribution in [0, 0.1) is 6.92 Å². The minimum Gasteiger partial charge on any atom is -0.322 e. The number of para-hydroxylation sites is 1. The van der Waals surface area contributed by atoms with E-state index < -0.39 is 5.91 Å². The quantitative estimate of drug-likeness (QED) is 0.768. The van der Waals surface area contributed by atoms with Crippen molar-refractivity contribution in [3.8, 4) is 0 Å². The Labute approximate surface area is 150 Å². The molecule has 0 saturated heterocycles. The Kier molecular flexibility index (Phi) is 5.00. The van der Waals surface area contributed by atoms with Crippen LogP contribution >= 0.6 is 11.6 Å². The highest BCUT2D eigenvalue weighted by Gasteiger charge is 2.14. The molecule has 0 bridgehead atoms. The molecule has 1 aromatic heterocycles. The Morgan fingerprint density at radius 2 is 1.76 bits per heavy atom. The first-order valence-corrected chi connectivity index (χ1v) is 8.22. The molecule has 0 radical (unpaired) electrons. The highest BCUT2D eigenvalue weighted by Crippen LogP contribution is 2.12. The van der Waals surface area contributed by atoms with Gasteiger partial charge in [0.25, 0.3) is 11.5 Å². The molecule has 3 aromatic rings. The Morgan fingerprint density at radius 1 is 1.08 bits per heavy atom. The number of anilines is 1. The molecule has 25 heavy (non-hydrogen) atoms. The summed E-state index contributed by atoms with van der Waals surface area (Å²) in [4.78, 5) is 25.1. The van der Waals surface area contributed by atoms with Gasteiger partial charge in [-0.2, -0.15) is 0 Å². The van der Waals surface area contributed by atoms with Crippen LogP contribution in [0.1, 0.15) is 21.5 Å². The van der Waals surface area contributed by atoms with Gasteiger partial charge >= 0.3 is 0 Å². The van der Waals surface area contributed by atoms with E-state index in [0.717, 1.165) is 11.1 Å². The van der Waals surface area contributed by atoms with Gasteiger partial charge in [0, 0.05) is 11.9 Å². The molecule has 0 aliphatic rings. The molecule has 1 heterocycles. The summed E-state index contributed by atoms with van der Waals surface area (Å²) < 4.78 is 1.45. The zero-order valence-electron chi connectivity index (χ0n) is 13.7. The van der Waals surface area contributed by atoms with Gasteiger partial charge in [-0.25, -0.2) is 0 Å². The summed E-state index contributed by atoms with van der Waals surface area (Å²) in [5.41, 5.74) is 2.37. The number of halogens is 1. The monoisotopic (exact) mass is 352 g/mol. The molecule has 5 heteroatoms. The fraction of sp³-hybridized carbons (Fsp3) is 0.100. The summed E-state index contributed by atoms with van der Waals surface area (Å²) in [5, 5.41) is 3.05. The van der Waals surface area contributed by atoms with Crippen molar-refractivity contribution >= 4 is 23.2 Å². The lowest BCUT2D eigenvalue weighted by molar-refractivity contribution is 0.102. The SMILES string of the molecule is Cc1ccc(Cn2cc(Cl)cc(C(=O)Nc3ccccc3)c2=O)cc1. The van der Waals surface area contributed by atoms with E-state index in [1.807, 2.05) is 49.4 Å². The molecule has 0 atom stereocenters. The smallest absolute Gasteiger partial charge is 0.263 e. The van der Waals surface area contributed by atoms with Crippen LogP contribution in [0.15, 0.2) is 71.7 Å². The molecule has 0 aliphatic carbocycles. The molecule has 0 fully saturated rings. The first-order valence-electron chi connectivity index (χ1n) is 7.85. The number of nitrogens with one attached hydrogen (secondary N) is 1. The largest absolute Gasteiger partial charge is 0.322 e. The number of benzene rings is 2. The fourth-order valence-electron chi connectivity index (χ4n) is 2.49. The van der Waals surface area contributed by atoms with Crippen LogP contribution < -0.4 is 10.9 Å². The molecule has 0 saturated carbocycles. The molecule has 0 unspecified atom stereocenters. The highest BCUT2D eigenvalue weighted by atomic mass is 35.5. The van der Waals surface area contributed by atoms with E-state index in [-0.39, 0.29) is 11.1 Å². The molecule has 3 rings (SSSR count). The molecule has 2 aromatic carbocycles. The summed E-state index contributed by atoms with van der Waals surface area (Å²) >= 11 is 6.12. The van der Waals surface area contributed by atoms with Gasteiger partial charge in [0.15, 0.2) is 0 Å². The average molecular weight is 353 g/mol. The number of nitrogens with zero attached hydrogens (tertiary/aromatic N) is 1. The molecular weight excluding hydrogens is 336 g/mol. The Morgan fingerprint density at radius 3 is 2.44 bits per heavy atom. The lowest BCUT2D eigenvalue weighted by Gasteiger charge is -2.10. The minimum atomic E-state index is -0.476. The van der Waals surface area contributed by atoms with Gasteiger partial charge in [-0.15, -0.1) is 0 Å². The lowest BCUT2D eigenvalue weighted by atomic mass is 10.1. The van der Waals surface area contributed by atoms with Gasteiger partial charge in [0.2, 0.25) is 0 Å². The van der Waals surface area contributed by atoms with Gasteiger partial charge in [0.1, 0.15) is 5.56 Å². The molecule has 4 nitrogen and oxygen atoms in total. The summed E-state index contributed by atoms with van der Waals surface area (Å²) in [6.07, 6.45) is 1.54. The lowest BCUT2D eigenvalue weighted by Crippen LogP contribution is -2.29. The van der Waals surface area contributed by atoms with E-state index >= 15 is 0 Å². The summed E-state index contributed by atoms with van der Waals surface area (Å²) in [5.74, 6) is -0.476. The average Bonchev–Trinajstić information content (AvgIpc) is 2.60. The van der Waals surface area contributed by atoms with E-state index in [2.05, 4.69) is 5.32 Å². The predicted molar refractivity (Wildman–Crippen MR) is 100 cm³/mol. The number of amides is 1. The van der Waals surface area contributed by atoms with Crippen molar-refractivity contribution < 1.29 is 4.79 Å². The molecule has 126 valence electrons. The second kappa shape index (κ2) is 7.36. The first kappa shape index (κ1) is 17.0. The Balaban J connectivity index is 1.90. The number of rotatable bonds is 4. The first-order chi connectivity index (χ1) is 12.0. The van der Waals surface area contributed by atoms with Crippen molar-refractivity contribution in [2.75, 3.05) is 5.32 Å². The van der Waals surface area contributed by atoms with Crippen molar-refractivity contribution in [3.05, 3.63) is 98.9 Å². The van der Waals surface area contributed by atoms with Crippen molar-refractivity contribution in [3.63, 3.8) is 0 Å². The number of hydrogen-bond acceptors (Lipinski definition) is 2. The third-order valence-corrected chi connectivity index (χ3v) is 4.01. The third kappa shape index (κ3) is 4.17. The predicted octanol–water partition coefficient (Wildman–Crippen LogP) is 4.11. The normalized spacial score (nSPS) is 10.5. The topological polar surface area (TPSA) is 51.1 Å². The molecule has 0 aliphatic heterocycles. The standard InChI is InChI=1S/C20H17ClN2O2/c1-14-7-9-15(10-8-14)12-23-13-16(21)11-18(20(23)25)19(24)22-17-5-3-2-4-6-17/h2-11,13H,12H2,1H3,(H,22,24). The third-order valence-electron chi connectivity index (χ3n) is 3.80. The minimum absolute atomic E-state index is 0.0171.